The SMILES string of the molecule is O=C(Oc1c(Br)cc(Br)cc1C=NNC(=O)c1[nH]c2c(Cl)cc(Cl)cc2c1-c1ccccc1Cl)c1ccccc1Cl. The lowest BCUT2D eigenvalue weighted by atomic mass is 10.0. The van der Waals surface area contributed by atoms with Crippen LogP contribution in [0.15, 0.2) is 86.8 Å². The topological polar surface area (TPSA) is 83.5 Å². The Morgan fingerprint density at radius 1 is 0.878 bits per heavy atom. The number of nitrogens with one attached hydrogen (secondary N) is 2. The molecule has 5 rings (SSSR count). The van der Waals surface area contributed by atoms with E-state index >= 15 is 0 Å². The molecule has 0 atom stereocenters. The molecule has 2 N–H and O–H groups in total. The number of ether oxygens (including phenoxy) is 1. The number of benzene rings is 4. The molecule has 0 aliphatic heterocycles. The number of halogens is 6. The van der Waals surface area contributed by atoms with Gasteiger partial charge in [0.05, 0.1) is 31.8 Å². The first-order valence-corrected chi connectivity index (χ1v) is 14.8. The van der Waals surface area contributed by atoms with E-state index in [1.54, 1.807) is 66.7 Å². The maximum absolute atomic E-state index is 13.4. The van der Waals surface area contributed by atoms with Gasteiger partial charge in [0.15, 0.2) is 5.75 Å². The molecule has 5 aromatic rings. The summed E-state index contributed by atoms with van der Waals surface area (Å²) in [6, 6.07) is 20.3. The van der Waals surface area contributed by atoms with E-state index < -0.39 is 11.9 Å². The predicted molar refractivity (Wildman–Crippen MR) is 172 cm³/mol. The van der Waals surface area contributed by atoms with E-state index in [1.165, 1.54) is 6.21 Å². The Bertz CT molecular complexity index is 1870. The fourth-order valence-corrected chi connectivity index (χ4v) is 6.43. The molecule has 0 radical (unpaired) electrons. The van der Waals surface area contributed by atoms with Crippen molar-refractivity contribution in [1.29, 1.82) is 0 Å². The van der Waals surface area contributed by atoms with E-state index in [4.69, 9.17) is 51.1 Å². The van der Waals surface area contributed by atoms with Gasteiger partial charge in [-0.15, -0.1) is 0 Å². The van der Waals surface area contributed by atoms with Crippen molar-refractivity contribution in [3.05, 3.63) is 119 Å². The van der Waals surface area contributed by atoms with Gasteiger partial charge in [-0.05, 0) is 58.4 Å². The van der Waals surface area contributed by atoms with E-state index in [9.17, 15) is 9.59 Å². The fraction of sp³-hybridized carbons (Fsp3) is 0. The first kappa shape index (κ1) is 29.6. The number of nitrogens with zero attached hydrogens (tertiary/aromatic N) is 1. The van der Waals surface area contributed by atoms with Gasteiger partial charge in [0.25, 0.3) is 5.91 Å². The number of aromatic nitrogens is 1. The molecule has 0 spiro atoms. The van der Waals surface area contributed by atoms with Crippen molar-refractivity contribution in [2.24, 2.45) is 5.10 Å². The number of H-pyrrole nitrogens is 1. The molecular formula is C29H15Br2Cl4N3O3. The fourth-order valence-electron chi connectivity index (χ4n) is 4.11. The first-order valence-electron chi connectivity index (χ1n) is 11.7. The highest BCUT2D eigenvalue weighted by atomic mass is 79.9. The number of esters is 1. The molecular weight excluding hydrogens is 740 g/mol. The average Bonchev–Trinajstić information content (AvgIpc) is 3.30. The monoisotopic (exact) mass is 751 g/mol. The summed E-state index contributed by atoms with van der Waals surface area (Å²) in [7, 11) is 0. The first-order chi connectivity index (χ1) is 19.6. The lowest BCUT2D eigenvalue weighted by molar-refractivity contribution is 0.0733. The number of hydrazone groups is 1. The number of hydrogen-bond donors (Lipinski definition) is 2. The Labute approximate surface area is 270 Å². The summed E-state index contributed by atoms with van der Waals surface area (Å²) < 4.78 is 6.81. The summed E-state index contributed by atoms with van der Waals surface area (Å²) in [5, 5.41) is 6.18. The van der Waals surface area contributed by atoms with Crippen molar-refractivity contribution >= 4 is 107 Å². The molecule has 0 unspecified atom stereocenters. The zero-order chi connectivity index (χ0) is 29.3. The molecule has 41 heavy (non-hydrogen) atoms. The van der Waals surface area contributed by atoms with Crippen molar-refractivity contribution in [1.82, 2.24) is 10.4 Å². The summed E-state index contributed by atoms with van der Waals surface area (Å²) in [5.74, 6) is -1.04. The zero-order valence-electron chi connectivity index (χ0n) is 20.4. The Morgan fingerprint density at radius 2 is 1.59 bits per heavy atom. The van der Waals surface area contributed by atoms with Gasteiger partial charge < -0.3 is 9.72 Å². The maximum atomic E-state index is 13.4. The number of aromatic amines is 1. The van der Waals surface area contributed by atoms with Crippen molar-refractivity contribution in [3.8, 4) is 16.9 Å². The van der Waals surface area contributed by atoms with Crippen molar-refractivity contribution in [2.75, 3.05) is 0 Å². The molecule has 0 aliphatic rings. The molecule has 0 aliphatic carbocycles. The van der Waals surface area contributed by atoms with Gasteiger partial charge in [-0.3, -0.25) is 4.79 Å². The minimum Gasteiger partial charge on any atom is -0.421 e. The van der Waals surface area contributed by atoms with Gasteiger partial charge in [-0.1, -0.05) is 92.7 Å². The van der Waals surface area contributed by atoms with E-state index in [1.807, 2.05) is 6.07 Å². The molecule has 0 bridgehead atoms. The molecule has 1 aromatic heterocycles. The Balaban J connectivity index is 1.49. The smallest absolute Gasteiger partial charge is 0.345 e. The van der Waals surface area contributed by atoms with Gasteiger partial charge in [-0.25, -0.2) is 10.2 Å². The number of rotatable bonds is 6. The molecule has 1 heterocycles. The molecule has 206 valence electrons. The lowest BCUT2D eigenvalue weighted by Crippen LogP contribution is -2.19. The van der Waals surface area contributed by atoms with Crippen LogP contribution >= 0.6 is 78.3 Å². The predicted octanol–water partition coefficient (Wildman–Crippen LogP) is 9.96. The molecule has 0 saturated carbocycles. The highest BCUT2D eigenvalue weighted by Gasteiger charge is 2.23. The zero-order valence-corrected chi connectivity index (χ0v) is 26.6. The standard InChI is InChI=1S/C29H15Br2Cl4N3O3/c30-15-9-14(27(20(31)10-15)41-29(40)18-6-2-4-8-22(18)34)13-36-38-28(39)26-24(17-5-1-3-7-21(17)33)19-11-16(32)12-23(35)25(19)37-26/h1-13,37H,(H,38,39). The van der Waals surface area contributed by atoms with Crippen LogP contribution in [0, 0.1) is 0 Å². The second kappa shape index (κ2) is 12.6. The van der Waals surface area contributed by atoms with Crippen LogP contribution in [0.5, 0.6) is 5.75 Å². The number of carbonyl (C=O) groups is 2. The second-order valence-corrected chi connectivity index (χ2v) is 12.0. The summed E-state index contributed by atoms with van der Waals surface area (Å²) in [5.41, 5.74) is 4.93. The molecule has 0 fully saturated rings. The van der Waals surface area contributed by atoms with Gasteiger partial charge in [0.1, 0.15) is 5.69 Å². The van der Waals surface area contributed by atoms with Crippen LogP contribution in [0.2, 0.25) is 20.1 Å². The third-order valence-corrected chi connectivity index (χ3v) is 8.11. The normalized spacial score (nSPS) is 11.3. The highest BCUT2D eigenvalue weighted by Crippen LogP contribution is 2.40. The van der Waals surface area contributed by atoms with Crippen LogP contribution in [-0.2, 0) is 0 Å². The summed E-state index contributed by atoms with van der Waals surface area (Å²) in [6.07, 6.45) is 1.35. The van der Waals surface area contributed by atoms with Crippen LogP contribution in [0.25, 0.3) is 22.0 Å². The average molecular weight is 755 g/mol. The van der Waals surface area contributed by atoms with Gasteiger partial charge in [0, 0.05) is 36.6 Å². The van der Waals surface area contributed by atoms with E-state index in [2.05, 4.69) is 47.4 Å². The van der Waals surface area contributed by atoms with E-state index in [0.29, 0.717) is 51.6 Å². The number of fused-ring (bicyclic) bond motifs is 1. The summed E-state index contributed by atoms with van der Waals surface area (Å²) in [6.45, 7) is 0. The van der Waals surface area contributed by atoms with Crippen LogP contribution in [-0.4, -0.2) is 23.1 Å². The van der Waals surface area contributed by atoms with E-state index in [0.717, 1.165) is 0 Å². The van der Waals surface area contributed by atoms with Crippen LogP contribution in [0.3, 0.4) is 0 Å². The lowest BCUT2D eigenvalue weighted by Gasteiger charge is -2.11. The summed E-state index contributed by atoms with van der Waals surface area (Å²) >= 11 is 32.2. The third kappa shape index (κ3) is 6.33. The van der Waals surface area contributed by atoms with Crippen LogP contribution in [0.1, 0.15) is 26.4 Å². The molecule has 12 heteroatoms. The molecule has 4 aromatic carbocycles. The van der Waals surface area contributed by atoms with E-state index in [-0.39, 0.29) is 22.0 Å². The van der Waals surface area contributed by atoms with Gasteiger partial charge in [-0.2, -0.15) is 5.10 Å². The second-order valence-electron chi connectivity index (χ2n) is 8.54. The Hall–Kier alpha value is -2.85. The van der Waals surface area contributed by atoms with Crippen molar-refractivity contribution in [3.63, 3.8) is 0 Å². The van der Waals surface area contributed by atoms with Crippen molar-refractivity contribution < 1.29 is 14.3 Å². The molecule has 0 saturated heterocycles. The van der Waals surface area contributed by atoms with Gasteiger partial charge >= 0.3 is 5.97 Å². The van der Waals surface area contributed by atoms with Gasteiger partial charge in [0.2, 0.25) is 0 Å². The van der Waals surface area contributed by atoms with Crippen LogP contribution in [0.4, 0.5) is 0 Å². The minimum atomic E-state index is -0.657. The number of carbonyl (C=O) groups excluding carboxylic acids is 2. The summed E-state index contributed by atoms with van der Waals surface area (Å²) in [4.78, 5) is 29.4. The molecule has 6 nitrogen and oxygen atoms in total. The molecule has 1 amide bonds. The largest absolute Gasteiger partial charge is 0.421 e. The number of hydrogen-bond acceptors (Lipinski definition) is 4. The highest BCUT2D eigenvalue weighted by molar-refractivity contribution is 9.11. The minimum absolute atomic E-state index is 0.176. The maximum Gasteiger partial charge on any atom is 0.345 e. The van der Waals surface area contributed by atoms with Crippen LogP contribution < -0.4 is 10.2 Å². The quantitative estimate of drug-likeness (QED) is 0.0784. The van der Waals surface area contributed by atoms with Crippen molar-refractivity contribution in [2.45, 2.75) is 0 Å². The number of amides is 1. The Kier molecular flexibility index (Phi) is 9.09. The Morgan fingerprint density at radius 3 is 2.32 bits per heavy atom. The third-order valence-electron chi connectivity index (χ3n) is 5.89.